The fraction of sp³-hybridized carbons (Fsp3) is 0.429. The van der Waals surface area contributed by atoms with Gasteiger partial charge in [-0.3, -0.25) is 0 Å². The second-order valence-electron chi connectivity index (χ2n) is 7.37. The quantitative estimate of drug-likeness (QED) is 0.626. The lowest BCUT2D eigenvalue weighted by atomic mass is 9.84. The minimum Gasteiger partial charge on any atom is -0.326 e. The topological polar surface area (TPSA) is 72.2 Å². The Hall–Kier alpha value is -1.69. The zero-order chi connectivity index (χ0) is 19.0. The molecule has 0 radical (unpaired) electrons. The maximum absolute atomic E-state index is 12.3. The third kappa shape index (κ3) is 6.56. The molecule has 26 heavy (non-hydrogen) atoms. The van der Waals surface area contributed by atoms with Crippen molar-refractivity contribution in [3.8, 4) is 0 Å². The standard InChI is InChI=1S/C21H30N2O2S/c1-21(2,20-13-8-12-19(15-20)16-22)17-23-26(24,25)14-7-6-11-18-9-4-3-5-10-18/h3-5,8-10,12-13,15,23H,6-7,11,14,16-17,22H2,1-2H3. The Morgan fingerprint density at radius 3 is 2.35 bits per heavy atom. The highest BCUT2D eigenvalue weighted by molar-refractivity contribution is 7.89. The summed E-state index contributed by atoms with van der Waals surface area (Å²) < 4.78 is 27.4. The van der Waals surface area contributed by atoms with Gasteiger partial charge < -0.3 is 5.73 Å². The molecule has 0 aliphatic rings. The SMILES string of the molecule is CC(C)(CNS(=O)(=O)CCCCc1ccccc1)c1cccc(CN)c1. The van der Waals surface area contributed by atoms with E-state index in [2.05, 4.69) is 16.9 Å². The lowest BCUT2D eigenvalue weighted by molar-refractivity contribution is 0.500. The average Bonchev–Trinajstić information content (AvgIpc) is 2.65. The van der Waals surface area contributed by atoms with E-state index in [1.165, 1.54) is 5.56 Å². The first kappa shape index (κ1) is 20.6. The minimum atomic E-state index is -3.27. The molecule has 0 saturated heterocycles. The molecule has 142 valence electrons. The van der Waals surface area contributed by atoms with Crippen LogP contribution in [0.3, 0.4) is 0 Å². The molecule has 0 fully saturated rings. The van der Waals surface area contributed by atoms with Crippen LogP contribution in [-0.2, 0) is 28.4 Å². The Balaban J connectivity index is 1.82. The van der Waals surface area contributed by atoms with E-state index >= 15 is 0 Å². The maximum Gasteiger partial charge on any atom is 0.211 e. The van der Waals surface area contributed by atoms with Crippen molar-refractivity contribution in [1.29, 1.82) is 0 Å². The molecule has 0 bridgehead atoms. The highest BCUT2D eigenvalue weighted by Crippen LogP contribution is 2.23. The smallest absolute Gasteiger partial charge is 0.211 e. The molecule has 0 atom stereocenters. The fourth-order valence-corrected chi connectivity index (χ4v) is 4.16. The average molecular weight is 375 g/mol. The second kappa shape index (κ2) is 9.31. The van der Waals surface area contributed by atoms with Crippen LogP contribution >= 0.6 is 0 Å². The van der Waals surface area contributed by atoms with Crippen LogP contribution < -0.4 is 10.5 Å². The maximum atomic E-state index is 12.3. The summed E-state index contributed by atoms with van der Waals surface area (Å²) >= 11 is 0. The highest BCUT2D eigenvalue weighted by Gasteiger charge is 2.23. The lowest BCUT2D eigenvalue weighted by Crippen LogP contribution is -2.37. The van der Waals surface area contributed by atoms with Crippen LogP contribution in [0.5, 0.6) is 0 Å². The van der Waals surface area contributed by atoms with Crippen molar-refractivity contribution in [3.63, 3.8) is 0 Å². The first-order valence-electron chi connectivity index (χ1n) is 9.13. The molecule has 0 spiro atoms. The van der Waals surface area contributed by atoms with E-state index < -0.39 is 10.0 Å². The summed E-state index contributed by atoms with van der Waals surface area (Å²) in [5.74, 6) is 0.165. The number of hydrogen-bond acceptors (Lipinski definition) is 3. The zero-order valence-electron chi connectivity index (χ0n) is 15.7. The summed E-state index contributed by atoms with van der Waals surface area (Å²) in [6.45, 7) is 4.94. The van der Waals surface area contributed by atoms with Crippen molar-refractivity contribution in [1.82, 2.24) is 4.72 Å². The molecule has 3 N–H and O–H groups in total. The van der Waals surface area contributed by atoms with Crippen LogP contribution in [0, 0.1) is 0 Å². The van der Waals surface area contributed by atoms with Crippen molar-refractivity contribution in [2.75, 3.05) is 12.3 Å². The molecule has 2 aromatic rings. The number of unbranched alkanes of at least 4 members (excludes halogenated alkanes) is 1. The molecule has 0 saturated carbocycles. The molecular weight excluding hydrogens is 344 g/mol. The Kier molecular flexibility index (Phi) is 7.38. The Bertz CT molecular complexity index is 787. The Labute approximate surface area is 157 Å². The van der Waals surface area contributed by atoms with E-state index in [1.807, 2.05) is 56.3 Å². The third-order valence-corrected chi connectivity index (χ3v) is 6.06. The fourth-order valence-electron chi connectivity index (χ4n) is 2.85. The first-order valence-corrected chi connectivity index (χ1v) is 10.8. The van der Waals surface area contributed by atoms with Crippen molar-refractivity contribution in [2.45, 2.75) is 45.1 Å². The monoisotopic (exact) mass is 374 g/mol. The molecule has 0 heterocycles. The van der Waals surface area contributed by atoms with Crippen LogP contribution in [0.1, 0.15) is 43.4 Å². The van der Waals surface area contributed by atoms with Crippen LogP contribution in [-0.4, -0.2) is 20.7 Å². The molecule has 2 rings (SSSR count). The zero-order valence-corrected chi connectivity index (χ0v) is 16.6. The van der Waals surface area contributed by atoms with E-state index in [4.69, 9.17) is 5.73 Å². The number of aryl methyl sites for hydroxylation is 1. The Morgan fingerprint density at radius 1 is 0.962 bits per heavy atom. The van der Waals surface area contributed by atoms with Crippen LogP contribution in [0.15, 0.2) is 54.6 Å². The third-order valence-electron chi connectivity index (χ3n) is 4.65. The second-order valence-corrected chi connectivity index (χ2v) is 9.30. The van der Waals surface area contributed by atoms with Gasteiger partial charge in [0.2, 0.25) is 10.0 Å². The first-order chi connectivity index (χ1) is 12.3. The molecule has 0 aliphatic carbocycles. The summed E-state index contributed by atoms with van der Waals surface area (Å²) in [5, 5.41) is 0. The Morgan fingerprint density at radius 2 is 1.65 bits per heavy atom. The van der Waals surface area contributed by atoms with E-state index in [1.54, 1.807) is 0 Å². The van der Waals surface area contributed by atoms with Gasteiger partial charge in [0, 0.05) is 18.5 Å². The largest absolute Gasteiger partial charge is 0.326 e. The molecule has 0 amide bonds. The number of rotatable bonds is 10. The van der Waals surface area contributed by atoms with Gasteiger partial charge in [0.15, 0.2) is 0 Å². The van der Waals surface area contributed by atoms with Crippen molar-refractivity contribution >= 4 is 10.0 Å². The van der Waals surface area contributed by atoms with Gasteiger partial charge in [0.1, 0.15) is 0 Å². The lowest BCUT2D eigenvalue weighted by Gasteiger charge is -2.26. The summed E-state index contributed by atoms with van der Waals surface area (Å²) in [4.78, 5) is 0. The van der Waals surface area contributed by atoms with Gasteiger partial charge in [0.25, 0.3) is 0 Å². The number of benzene rings is 2. The van der Waals surface area contributed by atoms with E-state index in [0.717, 1.165) is 24.0 Å². The van der Waals surface area contributed by atoms with Gasteiger partial charge in [0.05, 0.1) is 5.75 Å². The molecule has 0 unspecified atom stereocenters. The molecule has 0 aliphatic heterocycles. The van der Waals surface area contributed by atoms with Gasteiger partial charge >= 0.3 is 0 Å². The highest BCUT2D eigenvalue weighted by atomic mass is 32.2. The van der Waals surface area contributed by atoms with E-state index in [-0.39, 0.29) is 11.2 Å². The molecule has 4 nitrogen and oxygen atoms in total. The number of nitrogens with two attached hydrogens (primary N) is 1. The van der Waals surface area contributed by atoms with E-state index in [9.17, 15) is 8.42 Å². The van der Waals surface area contributed by atoms with Crippen molar-refractivity contribution < 1.29 is 8.42 Å². The summed E-state index contributed by atoms with van der Waals surface area (Å²) in [6.07, 6.45) is 2.44. The van der Waals surface area contributed by atoms with Crippen LogP contribution in [0.4, 0.5) is 0 Å². The van der Waals surface area contributed by atoms with Gasteiger partial charge in [-0.2, -0.15) is 0 Å². The van der Waals surface area contributed by atoms with Crippen LogP contribution in [0.25, 0.3) is 0 Å². The summed E-state index contributed by atoms with van der Waals surface area (Å²) in [7, 11) is -3.27. The summed E-state index contributed by atoms with van der Waals surface area (Å²) in [6, 6.07) is 18.2. The van der Waals surface area contributed by atoms with Gasteiger partial charge in [-0.05, 0) is 36.0 Å². The normalized spacial score (nSPS) is 12.3. The molecule has 5 heteroatoms. The minimum absolute atomic E-state index is 0.165. The predicted octanol–water partition coefficient (Wildman–Crippen LogP) is 3.37. The molecule has 2 aromatic carbocycles. The van der Waals surface area contributed by atoms with Gasteiger partial charge in [-0.25, -0.2) is 13.1 Å². The predicted molar refractivity (Wildman–Crippen MR) is 109 cm³/mol. The molecular formula is C21H30N2O2S. The number of hydrogen-bond donors (Lipinski definition) is 2. The van der Waals surface area contributed by atoms with Crippen LogP contribution in [0.2, 0.25) is 0 Å². The van der Waals surface area contributed by atoms with E-state index in [0.29, 0.717) is 19.5 Å². The van der Waals surface area contributed by atoms with Gasteiger partial charge in [-0.15, -0.1) is 0 Å². The van der Waals surface area contributed by atoms with Crippen molar-refractivity contribution in [2.24, 2.45) is 5.73 Å². The molecule has 0 aromatic heterocycles. The number of sulfonamides is 1. The van der Waals surface area contributed by atoms with Crippen molar-refractivity contribution in [3.05, 3.63) is 71.3 Å². The van der Waals surface area contributed by atoms with Gasteiger partial charge in [-0.1, -0.05) is 68.4 Å². The number of nitrogens with one attached hydrogen (secondary N) is 1. The summed E-state index contributed by atoms with van der Waals surface area (Å²) in [5.41, 5.74) is 8.81.